The van der Waals surface area contributed by atoms with E-state index in [1.54, 1.807) is 24.5 Å². The zero-order valence-electron chi connectivity index (χ0n) is 12.2. The number of pyridine rings is 1. The van der Waals surface area contributed by atoms with E-state index in [-0.39, 0.29) is 0 Å². The van der Waals surface area contributed by atoms with Gasteiger partial charge in [-0.05, 0) is 35.7 Å². The Kier molecular flexibility index (Phi) is 5.76. The molecular formula is C17H20N2O2. The van der Waals surface area contributed by atoms with Crippen molar-refractivity contribution >= 4 is 6.09 Å². The predicted molar refractivity (Wildman–Crippen MR) is 83.2 cm³/mol. The van der Waals surface area contributed by atoms with Crippen LogP contribution in [0.15, 0.2) is 48.8 Å². The minimum Gasteiger partial charge on any atom is -0.410 e. The second-order valence-electron chi connectivity index (χ2n) is 4.79. The fourth-order valence-corrected chi connectivity index (χ4v) is 1.96. The average Bonchev–Trinajstić information content (AvgIpc) is 2.53. The molecule has 1 heterocycles. The van der Waals surface area contributed by atoms with E-state index in [4.69, 9.17) is 4.74 Å². The fourth-order valence-electron chi connectivity index (χ4n) is 1.96. The van der Waals surface area contributed by atoms with Crippen LogP contribution in [-0.4, -0.2) is 17.6 Å². The Morgan fingerprint density at radius 2 is 1.95 bits per heavy atom. The third kappa shape index (κ3) is 4.91. The smallest absolute Gasteiger partial charge is 0.410 e. The highest BCUT2D eigenvalue weighted by Gasteiger charge is 2.04. The minimum atomic E-state index is -0.403. The molecule has 0 radical (unpaired) electrons. The van der Waals surface area contributed by atoms with Crippen molar-refractivity contribution in [2.24, 2.45) is 0 Å². The van der Waals surface area contributed by atoms with Gasteiger partial charge in [0.2, 0.25) is 0 Å². The molecule has 0 bridgehead atoms. The van der Waals surface area contributed by atoms with Crippen molar-refractivity contribution in [1.29, 1.82) is 0 Å². The molecule has 0 spiro atoms. The Bertz CT molecular complexity index is 553. The molecule has 2 aromatic rings. The Balaban J connectivity index is 1.86. The predicted octanol–water partition coefficient (Wildman–Crippen LogP) is 4.03. The van der Waals surface area contributed by atoms with E-state index < -0.39 is 6.09 Å². The van der Waals surface area contributed by atoms with Crippen molar-refractivity contribution in [3.05, 3.63) is 48.8 Å². The van der Waals surface area contributed by atoms with Gasteiger partial charge in [-0.1, -0.05) is 38.0 Å². The molecule has 1 aromatic carbocycles. The lowest BCUT2D eigenvalue weighted by Gasteiger charge is -2.07. The van der Waals surface area contributed by atoms with E-state index in [9.17, 15) is 4.79 Å². The van der Waals surface area contributed by atoms with E-state index in [2.05, 4.69) is 17.2 Å². The van der Waals surface area contributed by atoms with Gasteiger partial charge in [-0.3, -0.25) is 4.98 Å². The molecule has 0 aliphatic heterocycles. The van der Waals surface area contributed by atoms with Crippen LogP contribution in [0.4, 0.5) is 4.79 Å². The summed E-state index contributed by atoms with van der Waals surface area (Å²) < 4.78 is 5.22. The van der Waals surface area contributed by atoms with Crippen LogP contribution in [0.5, 0.6) is 5.75 Å². The Morgan fingerprint density at radius 1 is 1.14 bits per heavy atom. The number of hydrogen-bond donors (Lipinski definition) is 1. The number of nitrogens with one attached hydrogen (secondary N) is 1. The van der Waals surface area contributed by atoms with Gasteiger partial charge in [0.1, 0.15) is 5.75 Å². The van der Waals surface area contributed by atoms with Crippen LogP contribution in [0.2, 0.25) is 0 Å². The monoisotopic (exact) mass is 284 g/mol. The summed E-state index contributed by atoms with van der Waals surface area (Å²) in [5, 5.41) is 2.74. The first-order valence-corrected chi connectivity index (χ1v) is 7.25. The van der Waals surface area contributed by atoms with Gasteiger partial charge in [0, 0.05) is 18.9 Å². The van der Waals surface area contributed by atoms with Gasteiger partial charge in [0.05, 0.1) is 0 Å². The number of carbonyl (C=O) groups excluding carboxylic acids is 1. The highest BCUT2D eigenvalue weighted by atomic mass is 16.5. The van der Waals surface area contributed by atoms with Crippen LogP contribution in [0, 0.1) is 0 Å². The molecule has 0 saturated carbocycles. The van der Waals surface area contributed by atoms with E-state index in [1.165, 1.54) is 0 Å². The zero-order valence-corrected chi connectivity index (χ0v) is 12.2. The van der Waals surface area contributed by atoms with Crippen LogP contribution in [0.25, 0.3) is 11.1 Å². The number of benzene rings is 1. The summed E-state index contributed by atoms with van der Waals surface area (Å²) in [5.41, 5.74) is 2.08. The second kappa shape index (κ2) is 8.04. The van der Waals surface area contributed by atoms with Gasteiger partial charge in [0.25, 0.3) is 0 Å². The van der Waals surface area contributed by atoms with E-state index >= 15 is 0 Å². The van der Waals surface area contributed by atoms with E-state index in [0.29, 0.717) is 12.3 Å². The summed E-state index contributed by atoms with van der Waals surface area (Å²) >= 11 is 0. The first-order valence-electron chi connectivity index (χ1n) is 7.25. The Labute approximate surface area is 125 Å². The van der Waals surface area contributed by atoms with Gasteiger partial charge < -0.3 is 10.1 Å². The van der Waals surface area contributed by atoms with Crippen LogP contribution < -0.4 is 10.1 Å². The van der Waals surface area contributed by atoms with Gasteiger partial charge >= 0.3 is 6.09 Å². The van der Waals surface area contributed by atoms with Crippen molar-refractivity contribution in [3.8, 4) is 16.9 Å². The maximum atomic E-state index is 11.6. The van der Waals surface area contributed by atoms with Crippen molar-refractivity contribution < 1.29 is 9.53 Å². The third-order valence-electron chi connectivity index (χ3n) is 3.11. The topological polar surface area (TPSA) is 51.2 Å². The first-order chi connectivity index (χ1) is 10.3. The molecule has 2 rings (SSSR count). The maximum absolute atomic E-state index is 11.6. The lowest BCUT2D eigenvalue weighted by atomic mass is 10.1. The average molecular weight is 284 g/mol. The Hall–Kier alpha value is -2.36. The zero-order chi connectivity index (χ0) is 14.9. The van der Waals surface area contributed by atoms with E-state index in [0.717, 1.165) is 30.4 Å². The molecule has 1 amide bonds. The van der Waals surface area contributed by atoms with Crippen LogP contribution >= 0.6 is 0 Å². The molecule has 4 nitrogen and oxygen atoms in total. The lowest BCUT2D eigenvalue weighted by Crippen LogP contribution is -2.27. The highest BCUT2D eigenvalue weighted by molar-refractivity contribution is 5.71. The molecule has 110 valence electrons. The lowest BCUT2D eigenvalue weighted by molar-refractivity contribution is 0.200. The summed E-state index contributed by atoms with van der Waals surface area (Å²) in [6, 6.07) is 11.3. The van der Waals surface area contributed by atoms with Crippen molar-refractivity contribution in [3.63, 3.8) is 0 Å². The molecule has 0 atom stereocenters. The highest BCUT2D eigenvalue weighted by Crippen LogP contribution is 2.21. The molecule has 1 aromatic heterocycles. The molecule has 0 fully saturated rings. The minimum absolute atomic E-state index is 0.403. The van der Waals surface area contributed by atoms with Gasteiger partial charge in [-0.25, -0.2) is 4.79 Å². The number of unbranched alkanes of at least 4 members (excludes halogenated alkanes) is 2. The summed E-state index contributed by atoms with van der Waals surface area (Å²) in [5.74, 6) is 0.538. The number of ether oxygens (including phenoxy) is 1. The molecule has 0 aliphatic rings. The third-order valence-corrected chi connectivity index (χ3v) is 3.11. The summed E-state index contributed by atoms with van der Waals surface area (Å²) in [4.78, 5) is 15.7. The van der Waals surface area contributed by atoms with Crippen LogP contribution in [0.1, 0.15) is 26.2 Å². The molecule has 21 heavy (non-hydrogen) atoms. The normalized spacial score (nSPS) is 10.1. The second-order valence-corrected chi connectivity index (χ2v) is 4.79. The van der Waals surface area contributed by atoms with Crippen molar-refractivity contribution in [2.75, 3.05) is 6.54 Å². The molecule has 0 aliphatic carbocycles. The first kappa shape index (κ1) is 15.0. The quantitative estimate of drug-likeness (QED) is 0.815. The largest absolute Gasteiger partial charge is 0.412 e. The molecule has 0 saturated heterocycles. The summed E-state index contributed by atoms with van der Waals surface area (Å²) in [6.45, 7) is 2.78. The molecular weight excluding hydrogens is 264 g/mol. The van der Waals surface area contributed by atoms with E-state index in [1.807, 2.05) is 24.3 Å². The molecule has 4 heteroatoms. The van der Waals surface area contributed by atoms with Gasteiger partial charge in [0.15, 0.2) is 0 Å². The van der Waals surface area contributed by atoms with Gasteiger partial charge in [-0.15, -0.1) is 0 Å². The van der Waals surface area contributed by atoms with Gasteiger partial charge in [-0.2, -0.15) is 0 Å². The summed E-state index contributed by atoms with van der Waals surface area (Å²) in [6.07, 6.45) is 6.36. The number of nitrogens with zero attached hydrogens (tertiary/aromatic N) is 1. The molecule has 0 unspecified atom stereocenters. The number of carbonyl (C=O) groups is 1. The SMILES string of the molecule is CCCCCNC(=O)Oc1ccc(-c2cccnc2)cc1. The number of amides is 1. The van der Waals surface area contributed by atoms with Crippen molar-refractivity contribution in [1.82, 2.24) is 10.3 Å². The maximum Gasteiger partial charge on any atom is 0.412 e. The van der Waals surface area contributed by atoms with Crippen LogP contribution in [0.3, 0.4) is 0 Å². The van der Waals surface area contributed by atoms with Crippen LogP contribution in [-0.2, 0) is 0 Å². The number of aromatic nitrogens is 1. The summed E-state index contributed by atoms with van der Waals surface area (Å²) in [7, 11) is 0. The Morgan fingerprint density at radius 3 is 2.62 bits per heavy atom. The standard InChI is InChI=1S/C17H20N2O2/c1-2-3-4-12-19-17(20)21-16-9-7-14(8-10-16)15-6-5-11-18-13-15/h5-11,13H,2-4,12H2,1H3,(H,19,20). The molecule has 1 N–H and O–H groups in total. The number of hydrogen-bond acceptors (Lipinski definition) is 3. The fraction of sp³-hybridized carbons (Fsp3) is 0.294. The van der Waals surface area contributed by atoms with Crippen molar-refractivity contribution in [2.45, 2.75) is 26.2 Å². The number of rotatable bonds is 6.